The SMILES string of the molecule is CN(C)Cc1cnc2ccc(Oc3ccc(NC(=O)Nc4ccc(C#N)cc4)cc3)cc2n1. The monoisotopic (exact) mass is 438 g/mol. The quantitative estimate of drug-likeness (QED) is 0.439. The Morgan fingerprint density at radius 2 is 1.58 bits per heavy atom. The number of anilines is 2. The number of hydrogen-bond acceptors (Lipinski definition) is 6. The minimum atomic E-state index is -0.380. The summed E-state index contributed by atoms with van der Waals surface area (Å²) < 4.78 is 5.95. The third-order valence-corrected chi connectivity index (χ3v) is 4.66. The molecule has 164 valence electrons. The lowest BCUT2D eigenvalue weighted by Gasteiger charge is -2.11. The van der Waals surface area contributed by atoms with Gasteiger partial charge in [0.2, 0.25) is 0 Å². The van der Waals surface area contributed by atoms with Crippen molar-refractivity contribution in [2.75, 3.05) is 24.7 Å². The normalized spacial score (nSPS) is 10.6. The van der Waals surface area contributed by atoms with Crippen LogP contribution in [0.1, 0.15) is 11.3 Å². The summed E-state index contributed by atoms with van der Waals surface area (Å²) in [6.45, 7) is 0.710. The van der Waals surface area contributed by atoms with Crippen molar-refractivity contribution in [1.82, 2.24) is 14.9 Å². The van der Waals surface area contributed by atoms with Crippen molar-refractivity contribution >= 4 is 28.4 Å². The first kappa shape index (κ1) is 21.7. The van der Waals surface area contributed by atoms with Crippen molar-refractivity contribution in [1.29, 1.82) is 5.26 Å². The number of carbonyl (C=O) groups excluding carboxylic acids is 1. The van der Waals surface area contributed by atoms with Gasteiger partial charge in [-0.1, -0.05) is 0 Å². The first-order chi connectivity index (χ1) is 16.0. The van der Waals surface area contributed by atoms with E-state index in [1.807, 2.05) is 43.3 Å². The number of rotatable bonds is 6. The van der Waals surface area contributed by atoms with Gasteiger partial charge in [-0.2, -0.15) is 5.26 Å². The molecule has 0 spiro atoms. The largest absolute Gasteiger partial charge is 0.457 e. The summed E-state index contributed by atoms with van der Waals surface area (Å²) in [5.41, 5.74) is 4.21. The van der Waals surface area contributed by atoms with Gasteiger partial charge in [-0.3, -0.25) is 4.98 Å². The first-order valence-corrected chi connectivity index (χ1v) is 10.2. The maximum Gasteiger partial charge on any atom is 0.323 e. The van der Waals surface area contributed by atoms with Gasteiger partial charge in [0.05, 0.1) is 34.6 Å². The van der Waals surface area contributed by atoms with E-state index in [1.54, 1.807) is 54.7 Å². The second-order valence-corrected chi connectivity index (χ2v) is 7.64. The molecule has 0 bridgehead atoms. The number of hydrogen-bond donors (Lipinski definition) is 2. The van der Waals surface area contributed by atoms with Crippen LogP contribution in [0.4, 0.5) is 16.2 Å². The first-order valence-electron chi connectivity index (χ1n) is 10.2. The molecule has 3 aromatic carbocycles. The number of amides is 2. The number of nitrogens with one attached hydrogen (secondary N) is 2. The van der Waals surface area contributed by atoms with Crippen LogP contribution in [0, 0.1) is 11.3 Å². The predicted octanol–water partition coefficient (Wildman–Crippen LogP) is 5.00. The Morgan fingerprint density at radius 3 is 2.21 bits per heavy atom. The summed E-state index contributed by atoms with van der Waals surface area (Å²) in [4.78, 5) is 23.3. The summed E-state index contributed by atoms with van der Waals surface area (Å²) in [6, 6.07) is 20.9. The van der Waals surface area contributed by atoms with Crippen molar-refractivity contribution in [3.05, 3.63) is 84.2 Å². The number of nitriles is 1. The van der Waals surface area contributed by atoms with E-state index in [9.17, 15) is 4.79 Å². The van der Waals surface area contributed by atoms with Gasteiger partial charge in [-0.25, -0.2) is 9.78 Å². The minimum absolute atomic E-state index is 0.380. The maximum atomic E-state index is 12.2. The molecule has 8 nitrogen and oxygen atoms in total. The van der Waals surface area contributed by atoms with Gasteiger partial charge in [0.25, 0.3) is 0 Å². The topological polar surface area (TPSA) is 103 Å². The fourth-order valence-corrected chi connectivity index (χ4v) is 3.16. The van der Waals surface area contributed by atoms with Crippen LogP contribution in [0.15, 0.2) is 72.9 Å². The number of benzene rings is 3. The van der Waals surface area contributed by atoms with Crippen molar-refractivity contribution < 1.29 is 9.53 Å². The molecule has 0 aliphatic carbocycles. The average Bonchev–Trinajstić information content (AvgIpc) is 2.80. The summed E-state index contributed by atoms with van der Waals surface area (Å²) in [5, 5.41) is 14.3. The molecule has 1 heterocycles. The third-order valence-electron chi connectivity index (χ3n) is 4.66. The van der Waals surface area contributed by atoms with Gasteiger partial charge in [-0.05, 0) is 74.8 Å². The highest BCUT2D eigenvalue weighted by molar-refractivity contribution is 5.99. The van der Waals surface area contributed by atoms with Crippen LogP contribution in [-0.2, 0) is 6.54 Å². The molecular weight excluding hydrogens is 416 g/mol. The van der Waals surface area contributed by atoms with Crippen LogP contribution in [0.2, 0.25) is 0 Å². The Kier molecular flexibility index (Phi) is 6.43. The van der Waals surface area contributed by atoms with Crippen LogP contribution in [-0.4, -0.2) is 35.0 Å². The Balaban J connectivity index is 1.39. The van der Waals surface area contributed by atoms with Crippen LogP contribution >= 0.6 is 0 Å². The van der Waals surface area contributed by atoms with Gasteiger partial charge in [0.15, 0.2) is 0 Å². The van der Waals surface area contributed by atoms with E-state index < -0.39 is 0 Å². The third kappa shape index (κ3) is 5.81. The molecular formula is C25H22N6O2. The van der Waals surface area contributed by atoms with Crippen LogP contribution in [0.5, 0.6) is 11.5 Å². The molecule has 0 aliphatic rings. The summed E-state index contributed by atoms with van der Waals surface area (Å²) in [5.74, 6) is 1.28. The fraction of sp³-hybridized carbons (Fsp3) is 0.120. The molecule has 33 heavy (non-hydrogen) atoms. The molecule has 0 atom stereocenters. The van der Waals surface area contributed by atoms with Crippen LogP contribution < -0.4 is 15.4 Å². The lowest BCUT2D eigenvalue weighted by molar-refractivity contribution is 0.262. The maximum absolute atomic E-state index is 12.2. The predicted molar refractivity (Wildman–Crippen MR) is 127 cm³/mol. The Hall–Kier alpha value is -4.48. The number of fused-ring (bicyclic) bond motifs is 1. The molecule has 4 aromatic rings. The standard InChI is InChI=1S/C25H22N6O2/c1-31(2)16-20-15-27-23-12-11-22(13-24(23)28-20)33-21-9-7-19(8-10-21)30-25(32)29-18-5-3-17(14-26)4-6-18/h3-13,15H,16H2,1-2H3,(H2,29,30,32). The highest BCUT2D eigenvalue weighted by atomic mass is 16.5. The average molecular weight is 438 g/mol. The van der Waals surface area contributed by atoms with Crippen LogP contribution in [0.3, 0.4) is 0 Å². The summed E-state index contributed by atoms with van der Waals surface area (Å²) >= 11 is 0. The zero-order valence-electron chi connectivity index (χ0n) is 18.2. The summed E-state index contributed by atoms with van der Waals surface area (Å²) in [6.07, 6.45) is 1.78. The van der Waals surface area contributed by atoms with Crippen molar-refractivity contribution in [3.8, 4) is 17.6 Å². The van der Waals surface area contributed by atoms with Gasteiger partial charge in [-0.15, -0.1) is 0 Å². The molecule has 0 saturated carbocycles. The number of nitrogens with zero attached hydrogens (tertiary/aromatic N) is 4. The van der Waals surface area contributed by atoms with Crippen LogP contribution in [0.25, 0.3) is 11.0 Å². The van der Waals surface area contributed by atoms with E-state index >= 15 is 0 Å². The fourth-order valence-electron chi connectivity index (χ4n) is 3.16. The molecule has 0 fully saturated rings. The molecule has 0 saturated heterocycles. The molecule has 4 rings (SSSR count). The molecule has 2 amide bonds. The molecule has 0 aliphatic heterocycles. The van der Waals surface area contributed by atoms with Crippen molar-refractivity contribution in [2.24, 2.45) is 0 Å². The van der Waals surface area contributed by atoms with E-state index in [1.165, 1.54) is 0 Å². The molecule has 1 aromatic heterocycles. The highest BCUT2D eigenvalue weighted by Gasteiger charge is 2.06. The van der Waals surface area contributed by atoms with E-state index in [0.717, 1.165) is 16.7 Å². The Morgan fingerprint density at radius 1 is 0.939 bits per heavy atom. The van der Waals surface area contributed by atoms with Crippen molar-refractivity contribution in [2.45, 2.75) is 6.54 Å². The smallest absolute Gasteiger partial charge is 0.323 e. The Labute approximate surface area is 191 Å². The highest BCUT2D eigenvalue weighted by Crippen LogP contribution is 2.25. The van der Waals surface area contributed by atoms with E-state index in [0.29, 0.717) is 35.0 Å². The molecule has 8 heteroatoms. The number of urea groups is 1. The summed E-state index contributed by atoms with van der Waals surface area (Å²) in [7, 11) is 3.97. The van der Waals surface area contributed by atoms with E-state index in [4.69, 9.17) is 10.00 Å². The van der Waals surface area contributed by atoms with E-state index in [-0.39, 0.29) is 6.03 Å². The second kappa shape index (κ2) is 9.77. The molecule has 0 radical (unpaired) electrons. The zero-order valence-corrected chi connectivity index (χ0v) is 18.2. The van der Waals surface area contributed by atoms with Gasteiger partial charge >= 0.3 is 6.03 Å². The minimum Gasteiger partial charge on any atom is -0.457 e. The lowest BCUT2D eigenvalue weighted by atomic mass is 10.2. The molecule has 0 unspecified atom stereocenters. The van der Waals surface area contributed by atoms with Gasteiger partial charge < -0.3 is 20.3 Å². The van der Waals surface area contributed by atoms with Crippen molar-refractivity contribution in [3.63, 3.8) is 0 Å². The zero-order chi connectivity index (χ0) is 23.2. The second-order valence-electron chi connectivity index (χ2n) is 7.64. The van der Waals surface area contributed by atoms with E-state index in [2.05, 4.69) is 20.6 Å². The van der Waals surface area contributed by atoms with Gasteiger partial charge in [0, 0.05) is 24.0 Å². The Bertz CT molecular complexity index is 1310. The number of carbonyl (C=O) groups is 1. The number of ether oxygens (including phenoxy) is 1. The molecule has 2 N–H and O–H groups in total. The number of aromatic nitrogens is 2. The van der Waals surface area contributed by atoms with Gasteiger partial charge in [0.1, 0.15) is 11.5 Å². The lowest BCUT2D eigenvalue weighted by Crippen LogP contribution is -2.19.